The number of fused-ring (bicyclic) bond motifs is 8. The Kier molecular flexibility index (Phi) is 6.74. The molecule has 0 saturated carbocycles. The van der Waals surface area contributed by atoms with Crippen LogP contribution in [0.3, 0.4) is 0 Å². The number of aromatic nitrogens is 2. The molecule has 0 fully saturated rings. The molecule has 0 radical (unpaired) electrons. The predicted molar refractivity (Wildman–Crippen MR) is 207 cm³/mol. The lowest BCUT2D eigenvalue weighted by molar-refractivity contribution is 0.456. The van der Waals surface area contributed by atoms with Gasteiger partial charge in [0.15, 0.2) is 11.6 Å². The number of hydrogen-bond acceptors (Lipinski definition) is 4. The zero-order valence-electron chi connectivity index (χ0n) is 26.9. The topological polar surface area (TPSA) is 35.0 Å². The third-order valence-electron chi connectivity index (χ3n) is 9.55. The summed E-state index contributed by atoms with van der Waals surface area (Å²) >= 11 is 1.73. The highest BCUT2D eigenvalue weighted by Gasteiger charge is 2.23. The molecule has 4 heteroatoms. The van der Waals surface area contributed by atoms with Crippen LogP contribution in [0.15, 0.2) is 180 Å². The van der Waals surface area contributed by atoms with Crippen molar-refractivity contribution in [1.82, 2.24) is 9.97 Å². The molecular weight excluding hydrogens is 629 g/mol. The second-order valence-corrected chi connectivity index (χ2v) is 13.6. The van der Waals surface area contributed by atoms with Crippen LogP contribution in [0, 0.1) is 0 Å². The van der Waals surface area contributed by atoms with Crippen LogP contribution in [0.25, 0.3) is 77.3 Å². The molecule has 10 rings (SSSR count). The monoisotopic (exact) mass is 656 g/mol. The number of ether oxygens (including phenoxy) is 1. The Morgan fingerprint density at radius 3 is 1.70 bits per heavy atom. The maximum Gasteiger partial charge on any atom is 0.160 e. The molecule has 0 amide bonds. The molecule has 9 aromatic rings. The molecule has 2 heterocycles. The number of para-hydroxylation sites is 2. The maximum atomic E-state index is 6.58. The standard InChI is InChI=1S/C46H28N2OS/c1-2-11-29(12-3-1)30-21-23-31(24-22-30)40-28-41(38-17-10-20-44-45(38)49-42-18-8-9-19-43(42)50-44)48-46(47-40)32-25-26-37-35-15-5-4-13-33(35)34-14-6-7-16-36(34)39(37)27-32/h1-28H. The molecule has 0 bridgehead atoms. The Morgan fingerprint density at radius 2 is 0.940 bits per heavy atom. The molecule has 0 aliphatic carbocycles. The minimum atomic E-state index is 0.672. The third-order valence-corrected chi connectivity index (χ3v) is 10.7. The summed E-state index contributed by atoms with van der Waals surface area (Å²) in [5.74, 6) is 2.35. The Morgan fingerprint density at radius 1 is 0.380 bits per heavy atom. The van der Waals surface area contributed by atoms with Gasteiger partial charge >= 0.3 is 0 Å². The van der Waals surface area contributed by atoms with Crippen LogP contribution in [-0.2, 0) is 0 Å². The Hall–Kier alpha value is -6.23. The fourth-order valence-electron chi connectivity index (χ4n) is 7.12. The van der Waals surface area contributed by atoms with E-state index in [1.54, 1.807) is 11.8 Å². The number of nitrogens with zero attached hydrogens (tertiary/aromatic N) is 2. The summed E-state index contributed by atoms with van der Waals surface area (Å²) in [6.07, 6.45) is 0. The van der Waals surface area contributed by atoms with Crippen molar-refractivity contribution in [3.05, 3.63) is 170 Å². The van der Waals surface area contributed by atoms with Gasteiger partial charge in [-0.3, -0.25) is 0 Å². The summed E-state index contributed by atoms with van der Waals surface area (Å²) in [5, 5.41) is 7.37. The molecule has 0 atom stereocenters. The van der Waals surface area contributed by atoms with Gasteiger partial charge in [-0.2, -0.15) is 0 Å². The van der Waals surface area contributed by atoms with Gasteiger partial charge in [0, 0.05) is 16.7 Å². The Labute approximate surface area is 293 Å². The lowest BCUT2D eigenvalue weighted by Gasteiger charge is -2.22. The molecule has 1 aromatic heterocycles. The van der Waals surface area contributed by atoms with E-state index in [-0.39, 0.29) is 0 Å². The van der Waals surface area contributed by atoms with E-state index in [9.17, 15) is 0 Å². The van der Waals surface area contributed by atoms with Gasteiger partial charge in [-0.1, -0.05) is 145 Å². The minimum Gasteiger partial charge on any atom is -0.454 e. The van der Waals surface area contributed by atoms with E-state index in [0.29, 0.717) is 5.82 Å². The summed E-state index contributed by atoms with van der Waals surface area (Å²) in [4.78, 5) is 12.7. The minimum absolute atomic E-state index is 0.672. The highest BCUT2D eigenvalue weighted by molar-refractivity contribution is 7.99. The molecule has 3 nitrogen and oxygen atoms in total. The quantitative estimate of drug-likeness (QED) is 0.177. The fraction of sp³-hybridized carbons (Fsp3) is 0. The van der Waals surface area contributed by atoms with E-state index in [1.165, 1.54) is 43.4 Å². The first-order valence-corrected chi connectivity index (χ1v) is 17.6. The van der Waals surface area contributed by atoms with Crippen molar-refractivity contribution in [1.29, 1.82) is 0 Å². The zero-order valence-corrected chi connectivity index (χ0v) is 27.7. The van der Waals surface area contributed by atoms with Crippen LogP contribution in [0.1, 0.15) is 0 Å². The first-order valence-electron chi connectivity index (χ1n) is 16.7. The number of benzene rings is 8. The van der Waals surface area contributed by atoms with Crippen molar-refractivity contribution < 1.29 is 4.74 Å². The van der Waals surface area contributed by atoms with Crippen molar-refractivity contribution in [3.8, 4) is 56.5 Å². The van der Waals surface area contributed by atoms with Crippen LogP contribution in [0.4, 0.5) is 0 Å². The Bertz CT molecular complexity index is 2720. The van der Waals surface area contributed by atoms with Gasteiger partial charge < -0.3 is 4.74 Å². The summed E-state index contributed by atoms with van der Waals surface area (Å²) in [6, 6.07) is 59.7. The average Bonchev–Trinajstić information content (AvgIpc) is 3.20. The first-order chi connectivity index (χ1) is 24.8. The van der Waals surface area contributed by atoms with Gasteiger partial charge in [-0.25, -0.2) is 9.97 Å². The molecule has 1 aliphatic heterocycles. The van der Waals surface area contributed by atoms with Gasteiger partial charge in [0.2, 0.25) is 0 Å². The molecule has 234 valence electrons. The maximum absolute atomic E-state index is 6.58. The molecule has 8 aromatic carbocycles. The molecular formula is C46H28N2OS. The van der Waals surface area contributed by atoms with Crippen molar-refractivity contribution in [3.63, 3.8) is 0 Å². The fourth-order valence-corrected chi connectivity index (χ4v) is 8.11. The second kappa shape index (κ2) is 11.7. The van der Waals surface area contributed by atoms with Gasteiger partial charge in [0.1, 0.15) is 5.75 Å². The van der Waals surface area contributed by atoms with Crippen LogP contribution in [0.2, 0.25) is 0 Å². The number of hydrogen-bond donors (Lipinski definition) is 0. The number of rotatable bonds is 4. The average molecular weight is 657 g/mol. The van der Waals surface area contributed by atoms with Gasteiger partial charge in [0.05, 0.1) is 21.2 Å². The summed E-state index contributed by atoms with van der Waals surface area (Å²) in [5.41, 5.74) is 6.95. The second-order valence-electron chi connectivity index (χ2n) is 12.5. The van der Waals surface area contributed by atoms with Gasteiger partial charge in [-0.05, 0) is 79.8 Å². The van der Waals surface area contributed by atoms with E-state index >= 15 is 0 Å². The summed E-state index contributed by atoms with van der Waals surface area (Å²) < 4.78 is 6.58. The van der Waals surface area contributed by atoms with E-state index < -0.39 is 0 Å². The van der Waals surface area contributed by atoms with Crippen molar-refractivity contribution in [2.75, 3.05) is 0 Å². The van der Waals surface area contributed by atoms with Crippen LogP contribution in [0.5, 0.6) is 11.5 Å². The third kappa shape index (κ3) is 4.84. The molecule has 1 aliphatic rings. The van der Waals surface area contributed by atoms with E-state index in [0.717, 1.165) is 49.4 Å². The van der Waals surface area contributed by atoms with Crippen molar-refractivity contribution in [2.24, 2.45) is 0 Å². The normalized spacial score (nSPS) is 12.1. The van der Waals surface area contributed by atoms with Gasteiger partial charge in [0.25, 0.3) is 0 Å². The van der Waals surface area contributed by atoms with Crippen molar-refractivity contribution >= 4 is 44.1 Å². The zero-order chi connectivity index (χ0) is 33.0. The highest BCUT2D eigenvalue weighted by atomic mass is 32.2. The Balaban J connectivity index is 1.17. The van der Waals surface area contributed by atoms with E-state index in [1.807, 2.05) is 24.3 Å². The largest absolute Gasteiger partial charge is 0.454 e. The smallest absolute Gasteiger partial charge is 0.160 e. The van der Waals surface area contributed by atoms with Crippen LogP contribution < -0.4 is 4.74 Å². The molecule has 0 N–H and O–H groups in total. The molecule has 0 spiro atoms. The predicted octanol–water partition coefficient (Wildman–Crippen LogP) is 12.9. The lowest BCUT2D eigenvalue weighted by Crippen LogP contribution is -2.00. The molecule has 0 saturated heterocycles. The van der Waals surface area contributed by atoms with E-state index in [2.05, 4.69) is 146 Å². The van der Waals surface area contributed by atoms with Crippen LogP contribution in [-0.4, -0.2) is 9.97 Å². The lowest BCUT2D eigenvalue weighted by atomic mass is 9.93. The first kappa shape index (κ1) is 28.8. The van der Waals surface area contributed by atoms with Crippen LogP contribution >= 0.6 is 11.8 Å². The molecule has 0 unspecified atom stereocenters. The summed E-state index contributed by atoms with van der Waals surface area (Å²) in [6.45, 7) is 0. The van der Waals surface area contributed by atoms with Crippen molar-refractivity contribution in [2.45, 2.75) is 9.79 Å². The summed E-state index contributed by atoms with van der Waals surface area (Å²) in [7, 11) is 0. The SMILES string of the molecule is c1ccc(-c2ccc(-c3cc(-c4cccc5c4Oc4ccccc4S5)nc(-c4ccc5c6ccccc6c6ccccc6c5c4)n3)cc2)cc1. The van der Waals surface area contributed by atoms with E-state index in [4.69, 9.17) is 14.7 Å². The van der Waals surface area contributed by atoms with Gasteiger partial charge in [-0.15, -0.1) is 0 Å². The molecule has 50 heavy (non-hydrogen) atoms. The highest BCUT2D eigenvalue weighted by Crippen LogP contribution is 2.50.